The van der Waals surface area contributed by atoms with Crippen LogP contribution in [0.1, 0.15) is 27.3 Å². The summed E-state index contributed by atoms with van der Waals surface area (Å²) in [6.45, 7) is 1.54. The lowest BCUT2D eigenvalue weighted by atomic mass is 10.2. The maximum atomic E-state index is 12.3. The highest BCUT2D eigenvalue weighted by Crippen LogP contribution is 2.24. The molecule has 0 bridgehead atoms. The Balaban J connectivity index is 1.46. The average molecular weight is 344 g/mol. The summed E-state index contributed by atoms with van der Waals surface area (Å²) in [6, 6.07) is 12.9. The summed E-state index contributed by atoms with van der Waals surface area (Å²) in [5.41, 5.74) is 4.33. The zero-order chi connectivity index (χ0) is 17.9. The molecule has 1 N–H and O–H groups in total. The summed E-state index contributed by atoms with van der Waals surface area (Å²) in [7, 11) is 0. The Morgan fingerprint density at radius 3 is 2.77 bits per heavy atom. The lowest BCUT2D eigenvalue weighted by Gasteiger charge is -2.09. The number of fused-ring (bicyclic) bond motifs is 1. The first-order valence-corrected chi connectivity index (χ1v) is 8.23. The van der Waals surface area contributed by atoms with Gasteiger partial charge in [0.25, 0.3) is 5.91 Å². The molecule has 0 saturated heterocycles. The maximum Gasteiger partial charge on any atom is 0.251 e. The monoisotopic (exact) mass is 344 g/mol. The molecule has 26 heavy (non-hydrogen) atoms. The number of amides is 1. The van der Waals surface area contributed by atoms with Crippen LogP contribution in [0.2, 0.25) is 0 Å². The third kappa shape index (κ3) is 3.00. The Morgan fingerprint density at radius 1 is 1.19 bits per heavy atom. The van der Waals surface area contributed by atoms with Gasteiger partial charge in [-0.1, -0.05) is 6.07 Å². The van der Waals surface area contributed by atoms with Gasteiger partial charge in [-0.3, -0.25) is 9.78 Å². The molecule has 3 aromatic rings. The number of hydrogen-bond donors (Lipinski definition) is 1. The van der Waals surface area contributed by atoms with Crippen molar-refractivity contribution < 1.29 is 4.79 Å². The molecule has 0 radical (unpaired) electrons. The van der Waals surface area contributed by atoms with E-state index in [1.165, 1.54) is 0 Å². The molecule has 0 unspecified atom stereocenters. The van der Waals surface area contributed by atoms with Crippen LogP contribution >= 0.6 is 0 Å². The van der Waals surface area contributed by atoms with E-state index >= 15 is 0 Å². The molecule has 7 heteroatoms. The van der Waals surface area contributed by atoms with Crippen molar-refractivity contribution in [2.75, 3.05) is 0 Å². The van der Waals surface area contributed by atoms with E-state index in [1.807, 2.05) is 35.0 Å². The Morgan fingerprint density at radius 2 is 2.04 bits per heavy atom. The van der Waals surface area contributed by atoms with Crippen LogP contribution in [-0.4, -0.2) is 25.6 Å². The van der Waals surface area contributed by atoms with E-state index in [0.717, 1.165) is 22.6 Å². The number of pyridine rings is 1. The number of nitrogens with zero attached hydrogens (tertiary/aromatic N) is 5. The molecule has 1 amide bonds. The highest BCUT2D eigenvalue weighted by molar-refractivity contribution is 5.94. The number of aromatic nitrogens is 3. The highest BCUT2D eigenvalue weighted by atomic mass is 16.1. The summed E-state index contributed by atoms with van der Waals surface area (Å²) >= 11 is 0. The second-order valence-electron chi connectivity index (χ2n) is 6.03. The van der Waals surface area contributed by atoms with Crippen molar-refractivity contribution in [2.24, 2.45) is 0 Å². The van der Waals surface area contributed by atoms with E-state index in [1.54, 1.807) is 29.4 Å². The number of rotatable bonds is 4. The van der Waals surface area contributed by atoms with E-state index in [-0.39, 0.29) is 5.91 Å². The maximum absolute atomic E-state index is 12.3. The van der Waals surface area contributed by atoms with Crippen molar-refractivity contribution in [2.45, 2.75) is 19.6 Å². The van der Waals surface area contributed by atoms with Gasteiger partial charge < -0.3 is 10.2 Å². The topological polar surface area (TPSA) is 86.8 Å². The van der Waals surface area contributed by atoms with Crippen LogP contribution in [0.4, 0.5) is 0 Å². The van der Waals surface area contributed by atoms with Crippen LogP contribution in [0.5, 0.6) is 0 Å². The van der Waals surface area contributed by atoms with E-state index in [4.69, 9.17) is 5.26 Å². The van der Waals surface area contributed by atoms with E-state index < -0.39 is 0 Å². The minimum Gasteiger partial charge on any atom is -0.346 e. The lowest BCUT2D eigenvalue weighted by molar-refractivity contribution is 0.0950. The summed E-state index contributed by atoms with van der Waals surface area (Å²) in [6.07, 6.45) is 5.65. The fourth-order valence-corrected chi connectivity index (χ4v) is 2.97. The molecule has 0 fully saturated rings. The minimum atomic E-state index is -0.149. The predicted molar refractivity (Wildman–Crippen MR) is 93.8 cm³/mol. The van der Waals surface area contributed by atoms with Gasteiger partial charge in [-0.25, -0.2) is 4.68 Å². The Bertz CT molecular complexity index is 972. The van der Waals surface area contributed by atoms with Gasteiger partial charge in [0.2, 0.25) is 0 Å². The number of nitrogens with one attached hydrogen (secondary N) is 1. The largest absolute Gasteiger partial charge is 0.346 e. The smallest absolute Gasteiger partial charge is 0.251 e. The van der Waals surface area contributed by atoms with Crippen LogP contribution in [-0.2, 0) is 19.6 Å². The van der Waals surface area contributed by atoms with Crippen LogP contribution in [0.25, 0.3) is 5.69 Å². The molecular formula is C19H16N6O. The molecule has 0 aliphatic carbocycles. The normalized spacial score (nSPS) is 12.5. The number of nitriles is 1. The molecule has 0 spiro atoms. The standard InChI is InChI=1S/C19H16N6O/c20-13-24-11-15-9-23-25(18(15)12-24)17-6-4-14(5-7-17)19(26)22-10-16-3-1-2-8-21-16/h1-9H,10-12H2,(H,22,26). The zero-order valence-electron chi connectivity index (χ0n) is 14.0. The number of hydrogen-bond acceptors (Lipinski definition) is 5. The predicted octanol–water partition coefficient (Wildman–Crippen LogP) is 1.99. The molecule has 0 saturated carbocycles. The summed E-state index contributed by atoms with van der Waals surface area (Å²) < 4.78 is 1.82. The molecule has 1 aliphatic heterocycles. The van der Waals surface area contributed by atoms with Crippen LogP contribution < -0.4 is 5.32 Å². The minimum absolute atomic E-state index is 0.149. The summed E-state index contributed by atoms with van der Waals surface area (Å²) in [5.74, 6) is -0.149. The quantitative estimate of drug-likeness (QED) is 0.732. The number of carbonyl (C=O) groups is 1. The fraction of sp³-hybridized carbons (Fsp3) is 0.158. The molecule has 0 atom stereocenters. The van der Waals surface area contributed by atoms with Crippen molar-refractivity contribution in [1.29, 1.82) is 5.26 Å². The molecule has 7 nitrogen and oxygen atoms in total. The van der Waals surface area contributed by atoms with Crippen molar-refractivity contribution in [1.82, 2.24) is 25.0 Å². The first-order valence-electron chi connectivity index (χ1n) is 8.23. The fourth-order valence-electron chi connectivity index (χ4n) is 2.97. The van der Waals surface area contributed by atoms with Gasteiger partial charge in [-0.05, 0) is 36.4 Å². The van der Waals surface area contributed by atoms with Crippen molar-refractivity contribution in [3.63, 3.8) is 0 Å². The average Bonchev–Trinajstić information content (AvgIpc) is 3.27. The van der Waals surface area contributed by atoms with Gasteiger partial charge in [0.05, 0.1) is 42.9 Å². The third-order valence-electron chi connectivity index (χ3n) is 4.33. The molecular weight excluding hydrogens is 328 g/mol. The van der Waals surface area contributed by atoms with Crippen LogP contribution in [0, 0.1) is 11.5 Å². The zero-order valence-corrected chi connectivity index (χ0v) is 14.0. The molecule has 1 aliphatic rings. The van der Waals surface area contributed by atoms with E-state index in [9.17, 15) is 4.79 Å². The second kappa shape index (κ2) is 6.69. The van der Waals surface area contributed by atoms with Gasteiger partial charge in [-0.2, -0.15) is 10.4 Å². The Kier molecular flexibility index (Phi) is 4.07. The second-order valence-corrected chi connectivity index (χ2v) is 6.03. The van der Waals surface area contributed by atoms with Crippen molar-refractivity contribution in [3.05, 3.63) is 77.4 Å². The Hall–Kier alpha value is -3.66. The number of benzene rings is 1. The van der Waals surface area contributed by atoms with Crippen molar-refractivity contribution >= 4 is 5.91 Å². The van der Waals surface area contributed by atoms with Crippen LogP contribution in [0.15, 0.2) is 54.9 Å². The van der Waals surface area contributed by atoms with Gasteiger partial charge >= 0.3 is 0 Å². The SMILES string of the molecule is N#CN1Cc2cnn(-c3ccc(C(=O)NCc4ccccn4)cc3)c2C1. The van der Waals surface area contributed by atoms with Gasteiger partial charge in [0, 0.05) is 17.3 Å². The first-order chi connectivity index (χ1) is 12.7. The number of carbonyl (C=O) groups excluding carboxylic acids is 1. The van der Waals surface area contributed by atoms with Gasteiger partial charge in [0.15, 0.2) is 6.19 Å². The molecule has 128 valence electrons. The van der Waals surface area contributed by atoms with Crippen LogP contribution in [0.3, 0.4) is 0 Å². The summed E-state index contributed by atoms with van der Waals surface area (Å²) in [5, 5.41) is 16.3. The molecule has 2 aromatic heterocycles. The lowest BCUT2D eigenvalue weighted by Crippen LogP contribution is -2.23. The highest BCUT2D eigenvalue weighted by Gasteiger charge is 2.23. The van der Waals surface area contributed by atoms with E-state index in [0.29, 0.717) is 25.2 Å². The van der Waals surface area contributed by atoms with E-state index in [2.05, 4.69) is 21.6 Å². The third-order valence-corrected chi connectivity index (χ3v) is 4.33. The molecule has 3 heterocycles. The summed E-state index contributed by atoms with van der Waals surface area (Å²) in [4.78, 5) is 18.1. The first kappa shape index (κ1) is 15.8. The molecule has 4 rings (SSSR count). The molecule has 1 aromatic carbocycles. The van der Waals surface area contributed by atoms with Gasteiger partial charge in [-0.15, -0.1) is 0 Å². The van der Waals surface area contributed by atoms with Gasteiger partial charge in [0.1, 0.15) is 0 Å². The van der Waals surface area contributed by atoms with Crippen molar-refractivity contribution in [3.8, 4) is 11.9 Å². The Labute approximate surface area is 150 Å².